The van der Waals surface area contributed by atoms with Crippen LogP contribution < -0.4 is 0 Å². The second kappa shape index (κ2) is 5.68. The number of allylic oxidation sites excluding steroid dienone is 1. The van der Waals surface area contributed by atoms with Crippen LogP contribution in [0.15, 0.2) is 23.8 Å². The van der Waals surface area contributed by atoms with E-state index in [0.717, 1.165) is 0 Å². The number of alkyl halides is 1. The van der Waals surface area contributed by atoms with Crippen LogP contribution in [-0.2, 0) is 23.8 Å². The Balaban J connectivity index is 2.14. The van der Waals surface area contributed by atoms with Gasteiger partial charge in [0, 0.05) is 12.7 Å². The van der Waals surface area contributed by atoms with Crippen LogP contribution >= 0.6 is 11.6 Å². The van der Waals surface area contributed by atoms with Gasteiger partial charge in [0.2, 0.25) is 0 Å². The molecule has 0 aromatic rings. The van der Waals surface area contributed by atoms with Gasteiger partial charge in [-0.2, -0.15) is 0 Å². The number of methoxy groups -OCH3 is 1. The molecule has 0 spiro atoms. The van der Waals surface area contributed by atoms with Gasteiger partial charge < -0.3 is 14.2 Å². The van der Waals surface area contributed by atoms with E-state index in [2.05, 4.69) is 0 Å². The van der Waals surface area contributed by atoms with E-state index >= 15 is 0 Å². The molecule has 0 amide bonds. The molecule has 2 rings (SSSR count). The zero-order valence-electron chi connectivity index (χ0n) is 11.6. The highest BCUT2D eigenvalue weighted by molar-refractivity contribution is 6.26. The van der Waals surface area contributed by atoms with Crippen LogP contribution in [0.2, 0.25) is 0 Å². The number of hydrogen-bond acceptors (Lipinski definition) is 5. The quantitative estimate of drug-likeness (QED) is 0.436. The summed E-state index contributed by atoms with van der Waals surface area (Å²) in [4.78, 5) is 23.3. The van der Waals surface area contributed by atoms with E-state index in [1.54, 1.807) is 25.3 Å². The van der Waals surface area contributed by atoms with Crippen LogP contribution in [0, 0.1) is 0 Å². The van der Waals surface area contributed by atoms with Gasteiger partial charge in [0.25, 0.3) is 0 Å². The van der Waals surface area contributed by atoms with E-state index in [1.807, 2.05) is 13.8 Å². The summed E-state index contributed by atoms with van der Waals surface area (Å²) >= 11 is 5.40. The molecule has 1 fully saturated rings. The van der Waals surface area contributed by atoms with Crippen molar-refractivity contribution in [3.63, 3.8) is 0 Å². The third-order valence-corrected chi connectivity index (χ3v) is 3.52. The maximum Gasteiger partial charge on any atom is 0.321 e. The van der Waals surface area contributed by atoms with Gasteiger partial charge in [0.15, 0.2) is 18.0 Å². The van der Waals surface area contributed by atoms with Gasteiger partial charge in [-0.1, -0.05) is 12.2 Å². The summed E-state index contributed by atoms with van der Waals surface area (Å²) in [6.07, 6.45) is 3.60. The lowest BCUT2D eigenvalue weighted by Crippen LogP contribution is -2.31. The normalized spacial score (nSPS) is 29.1. The first-order valence-corrected chi connectivity index (χ1v) is 6.83. The van der Waals surface area contributed by atoms with Crippen molar-refractivity contribution in [3.05, 3.63) is 23.8 Å². The summed E-state index contributed by atoms with van der Waals surface area (Å²) in [5.41, 5.74) is -0.0220. The number of ketones is 1. The summed E-state index contributed by atoms with van der Waals surface area (Å²) in [5.74, 6) is -0.856. The summed E-state index contributed by atoms with van der Waals surface area (Å²) in [7, 11) is 1.59. The number of hydrogen-bond donors (Lipinski definition) is 0. The van der Waals surface area contributed by atoms with Gasteiger partial charge in [0.05, 0.1) is 5.60 Å². The minimum Gasteiger partial charge on any atom is -0.454 e. The van der Waals surface area contributed by atoms with Gasteiger partial charge in [-0.05, 0) is 19.9 Å². The van der Waals surface area contributed by atoms with Crippen molar-refractivity contribution in [1.82, 2.24) is 0 Å². The Morgan fingerprint density at radius 1 is 1.55 bits per heavy atom. The molecule has 0 saturated carbocycles. The number of halogens is 1. The molecule has 1 heterocycles. The molecule has 0 radical (unpaired) electrons. The van der Waals surface area contributed by atoms with Gasteiger partial charge in [-0.25, -0.2) is 0 Å². The summed E-state index contributed by atoms with van der Waals surface area (Å²) in [6.45, 7) is 3.75. The first-order chi connectivity index (χ1) is 9.38. The monoisotopic (exact) mass is 300 g/mol. The van der Waals surface area contributed by atoms with Crippen molar-refractivity contribution in [2.75, 3.05) is 13.0 Å². The van der Waals surface area contributed by atoms with Crippen LogP contribution in [0.4, 0.5) is 0 Å². The molecule has 110 valence electrons. The number of epoxide rings is 1. The van der Waals surface area contributed by atoms with E-state index in [1.165, 1.54) is 0 Å². The van der Waals surface area contributed by atoms with E-state index in [-0.39, 0.29) is 17.8 Å². The average molecular weight is 301 g/mol. The lowest BCUT2D eigenvalue weighted by atomic mass is 9.94. The van der Waals surface area contributed by atoms with Crippen molar-refractivity contribution in [2.45, 2.75) is 37.8 Å². The first-order valence-electron chi connectivity index (χ1n) is 6.29. The molecule has 6 heteroatoms. The minimum atomic E-state index is -0.561. The largest absolute Gasteiger partial charge is 0.454 e. The number of rotatable bonds is 5. The molecular formula is C14H17ClO5. The van der Waals surface area contributed by atoms with Crippen molar-refractivity contribution in [1.29, 1.82) is 0 Å². The van der Waals surface area contributed by atoms with Gasteiger partial charge in [-0.3, -0.25) is 9.59 Å². The van der Waals surface area contributed by atoms with E-state index in [0.29, 0.717) is 5.57 Å². The Bertz CT molecular complexity index is 480. The molecule has 0 aromatic heterocycles. The van der Waals surface area contributed by atoms with Crippen LogP contribution in [-0.4, -0.2) is 48.7 Å². The Hall–Kier alpha value is -1.17. The average Bonchev–Trinajstić information content (AvgIpc) is 3.21. The van der Waals surface area contributed by atoms with Crippen molar-refractivity contribution in [3.8, 4) is 0 Å². The Kier molecular flexibility index (Phi) is 4.32. The third kappa shape index (κ3) is 3.29. The zero-order valence-corrected chi connectivity index (χ0v) is 12.3. The number of Topliss-reactive ketones (excluding diaryl/α,β-unsaturated/α-hetero) is 1. The predicted octanol–water partition coefficient (Wildman–Crippen LogP) is 1.39. The molecule has 3 atom stereocenters. The number of ether oxygens (including phenoxy) is 3. The minimum absolute atomic E-state index is 0.101. The second-order valence-corrected chi connectivity index (χ2v) is 5.50. The van der Waals surface area contributed by atoms with Crippen LogP contribution in [0.25, 0.3) is 0 Å². The number of fused-ring (bicyclic) bond motifs is 1. The Labute approximate surface area is 122 Å². The topological polar surface area (TPSA) is 65.1 Å². The van der Waals surface area contributed by atoms with Crippen molar-refractivity contribution >= 4 is 23.4 Å². The van der Waals surface area contributed by atoms with Crippen LogP contribution in [0.5, 0.6) is 0 Å². The maximum absolute atomic E-state index is 12.0. The molecule has 2 aliphatic rings. The SMILES string of the molecule is COC(C)(C)/C=C/C1=C[C@@H](OC(=O)CCl)[C@@H]2O[C@@H]2C1=O. The summed E-state index contributed by atoms with van der Waals surface area (Å²) in [6, 6.07) is 0. The van der Waals surface area contributed by atoms with Gasteiger partial charge in [-0.15, -0.1) is 11.6 Å². The van der Waals surface area contributed by atoms with Crippen molar-refractivity contribution in [2.24, 2.45) is 0 Å². The standard InChI is InChI=1S/C14H17ClO5/c1-14(2,18-3)5-4-8-6-9(19-10(16)7-15)12-13(20-12)11(8)17/h4-6,9,12-13H,7H2,1-3H3/b5-4+/t9-,12+,13-/m1/s1. The summed E-state index contributed by atoms with van der Waals surface area (Å²) in [5, 5.41) is 0. The molecule has 0 aromatic carbocycles. The number of carbonyl (C=O) groups excluding carboxylic acids is 2. The summed E-state index contributed by atoms with van der Waals surface area (Å²) < 4.78 is 15.6. The third-order valence-electron chi connectivity index (χ3n) is 3.30. The molecule has 0 unspecified atom stereocenters. The fraction of sp³-hybridized carbons (Fsp3) is 0.571. The smallest absolute Gasteiger partial charge is 0.321 e. The second-order valence-electron chi connectivity index (χ2n) is 5.24. The lowest BCUT2D eigenvalue weighted by Gasteiger charge is -2.19. The van der Waals surface area contributed by atoms with Crippen molar-refractivity contribution < 1.29 is 23.8 Å². The van der Waals surface area contributed by atoms with Gasteiger partial charge in [0.1, 0.15) is 12.0 Å². The molecule has 0 N–H and O–H groups in total. The molecule has 0 bridgehead atoms. The fourth-order valence-corrected chi connectivity index (χ4v) is 1.95. The highest BCUT2D eigenvalue weighted by atomic mass is 35.5. The predicted molar refractivity (Wildman–Crippen MR) is 72.6 cm³/mol. The van der Waals surface area contributed by atoms with E-state index in [4.69, 9.17) is 25.8 Å². The molecule has 1 aliphatic heterocycles. The Morgan fingerprint density at radius 3 is 2.85 bits per heavy atom. The number of esters is 1. The van der Waals surface area contributed by atoms with E-state index in [9.17, 15) is 9.59 Å². The molecular weight excluding hydrogens is 284 g/mol. The molecule has 1 aliphatic carbocycles. The Morgan fingerprint density at radius 2 is 2.25 bits per heavy atom. The van der Waals surface area contributed by atoms with Gasteiger partial charge >= 0.3 is 5.97 Å². The van der Waals surface area contributed by atoms with Crippen LogP contribution in [0.3, 0.4) is 0 Å². The highest BCUT2D eigenvalue weighted by Crippen LogP contribution is 2.36. The molecule has 5 nitrogen and oxygen atoms in total. The fourth-order valence-electron chi connectivity index (χ4n) is 1.88. The lowest BCUT2D eigenvalue weighted by molar-refractivity contribution is -0.144. The number of carbonyl (C=O) groups is 2. The van der Waals surface area contributed by atoms with Crippen LogP contribution in [0.1, 0.15) is 13.8 Å². The molecule has 1 saturated heterocycles. The molecule has 20 heavy (non-hydrogen) atoms. The van der Waals surface area contributed by atoms with E-state index < -0.39 is 23.8 Å². The first kappa shape index (κ1) is 15.2. The zero-order chi connectivity index (χ0) is 14.9. The highest BCUT2D eigenvalue weighted by Gasteiger charge is 2.54. The maximum atomic E-state index is 12.0.